The first-order valence-electron chi connectivity index (χ1n) is 12.6. The summed E-state index contributed by atoms with van der Waals surface area (Å²) >= 11 is 0. The van der Waals surface area contributed by atoms with Crippen molar-refractivity contribution in [3.05, 3.63) is 0 Å². The van der Waals surface area contributed by atoms with Gasteiger partial charge in [0.25, 0.3) is 0 Å². The highest BCUT2D eigenvalue weighted by atomic mass is 16.3. The zero-order valence-electron chi connectivity index (χ0n) is 20.8. The largest absolute Gasteiger partial charge is 0.393 e. The number of amides is 1. The highest BCUT2D eigenvalue weighted by molar-refractivity contribution is 5.80. The number of nitrogens with zero attached hydrogens (tertiary/aromatic N) is 1. The Morgan fingerprint density at radius 3 is 2.23 bits per heavy atom. The van der Waals surface area contributed by atoms with Gasteiger partial charge in [0, 0.05) is 32.9 Å². The molecule has 0 aromatic heterocycles. The third-order valence-corrected chi connectivity index (χ3v) is 9.15. The van der Waals surface area contributed by atoms with Gasteiger partial charge in [0.1, 0.15) is 5.78 Å². The minimum absolute atomic E-state index is 0.0524. The van der Waals surface area contributed by atoms with Crippen LogP contribution in [-0.4, -0.2) is 41.9 Å². The quantitative estimate of drug-likeness (QED) is 0.623. The van der Waals surface area contributed by atoms with Crippen molar-refractivity contribution in [2.45, 2.75) is 99.0 Å². The first-order chi connectivity index (χ1) is 14.2. The molecule has 0 aliphatic heterocycles. The summed E-state index contributed by atoms with van der Waals surface area (Å²) in [6.45, 7) is 12.6. The molecule has 0 aromatic carbocycles. The lowest BCUT2D eigenvalue weighted by atomic mass is 9.44. The van der Waals surface area contributed by atoms with E-state index in [1.165, 1.54) is 0 Å². The second-order valence-corrected chi connectivity index (χ2v) is 10.5. The van der Waals surface area contributed by atoms with Gasteiger partial charge in [0.2, 0.25) is 5.91 Å². The van der Waals surface area contributed by atoms with Crippen LogP contribution in [0.2, 0.25) is 0 Å². The van der Waals surface area contributed by atoms with E-state index >= 15 is 0 Å². The average Bonchev–Trinajstić information content (AvgIpc) is 3.07. The van der Waals surface area contributed by atoms with Crippen molar-refractivity contribution in [1.82, 2.24) is 4.90 Å². The fraction of sp³-hybridized carbons (Fsp3) is 0.923. The average molecular weight is 422 g/mol. The molecular weight excluding hydrogens is 374 g/mol. The Labute approximate surface area is 185 Å². The van der Waals surface area contributed by atoms with E-state index in [9.17, 15) is 14.7 Å². The lowest BCUT2D eigenvalue weighted by Gasteiger charge is -2.61. The predicted octanol–water partition coefficient (Wildman–Crippen LogP) is 5.33. The summed E-state index contributed by atoms with van der Waals surface area (Å²) in [5.41, 5.74) is 0.0246. The number of fused-ring (bicyclic) bond motifs is 5. The molecule has 1 N–H and O–H groups in total. The van der Waals surface area contributed by atoms with Crippen LogP contribution in [0.3, 0.4) is 0 Å². The molecule has 4 fully saturated rings. The molecule has 4 nitrogen and oxygen atoms in total. The number of carbonyl (C=O) groups excluding carboxylic acids is 2. The number of aliphatic hydroxyl groups excluding tert-OH is 1. The fourth-order valence-electron chi connectivity index (χ4n) is 7.89. The monoisotopic (exact) mass is 421 g/mol. The van der Waals surface area contributed by atoms with E-state index in [1.54, 1.807) is 4.90 Å². The Morgan fingerprint density at radius 2 is 1.63 bits per heavy atom. The second-order valence-electron chi connectivity index (χ2n) is 10.5. The Balaban J connectivity index is 0.000000757. The van der Waals surface area contributed by atoms with Crippen molar-refractivity contribution in [3.63, 3.8) is 0 Å². The van der Waals surface area contributed by atoms with Crippen molar-refractivity contribution < 1.29 is 14.7 Å². The van der Waals surface area contributed by atoms with E-state index in [-0.39, 0.29) is 28.8 Å². The van der Waals surface area contributed by atoms with Crippen LogP contribution in [0.5, 0.6) is 0 Å². The molecule has 8 atom stereocenters. The number of Topliss-reactive ketones (excluding diaryl/α,β-unsaturated/α-hetero) is 1. The van der Waals surface area contributed by atoms with Crippen molar-refractivity contribution in [1.29, 1.82) is 0 Å². The highest BCUT2D eigenvalue weighted by Crippen LogP contribution is 2.67. The van der Waals surface area contributed by atoms with Crippen LogP contribution in [0.4, 0.5) is 0 Å². The van der Waals surface area contributed by atoms with Gasteiger partial charge in [-0.05, 0) is 73.0 Å². The number of rotatable bonds is 1. The predicted molar refractivity (Wildman–Crippen MR) is 123 cm³/mol. The lowest BCUT2D eigenvalue weighted by Crippen LogP contribution is -2.59. The van der Waals surface area contributed by atoms with Crippen molar-refractivity contribution >= 4 is 11.7 Å². The number of carbonyl (C=O) groups is 2. The molecule has 4 heteroatoms. The minimum atomic E-state index is -0.335. The van der Waals surface area contributed by atoms with Crippen LogP contribution in [0.15, 0.2) is 0 Å². The molecular formula is C26H47NO3. The van der Waals surface area contributed by atoms with Crippen LogP contribution in [0.1, 0.15) is 92.9 Å². The summed E-state index contributed by atoms with van der Waals surface area (Å²) in [6.07, 6.45) is 7.09. The van der Waals surface area contributed by atoms with E-state index < -0.39 is 0 Å². The smallest absolute Gasteiger partial charge is 0.225 e. The molecule has 4 saturated carbocycles. The van der Waals surface area contributed by atoms with Gasteiger partial charge < -0.3 is 10.0 Å². The van der Waals surface area contributed by atoms with Crippen LogP contribution in [0.25, 0.3) is 0 Å². The molecule has 4 aliphatic rings. The molecule has 30 heavy (non-hydrogen) atoms. The van der Waals surface area contributed by atoms with E-state index in [0.29, 0.717) is 35.9 Å². The van der Waals surface area contributed by atoms with Gasteiger partial charge in [-0.3, -0.25) is 9.59 Å². The van der Waals surface area contributed by atoms with Crippen molar-refractivity contribution in [3.8, 4) is 0 Å². The SMILES string of the molecule is CC.CC.CN(C)C(=O)C1CCC2C3CCC4CC(=O)CCC4(C)C3C(O)CC12C. The summed E-state index contributed by atoms with van der Waals surface area (Å²) in [5.74, 6) is 2.52. The first-order valence-corrected chi connectivity index (χ1v) is 12.6. The molecule has 4 rings (SSSR count). The Morgan fingerprint density at radius 1 is 1.00 bits per heavy atom. The van der Waals surface area contributed by atoms with Crippen molar-refractivity contribution in [2.24, 2.45) is 40.4 Å². The van der Waals surface area contributed by atoms with Gasteiger partial charge >= 0.3 is 0 Å². The van der Waals surface area contributed by atoms with Crippen LogP contribution >= 0.6 is 0 Å². The number of hydrogen-bond donors (Lipinski definition) is 1. The molecule has 174 valence electrons. The summed E-state index contributed by atoms with van der Waals surface area (Å²) in [6, 6.07) is 0. The summed E-state index contributed by atoms with van der Waals surface area (Å²) < 4.78 is 0. The summed E-state index contributed by atoms with van der Waals surface area (Å²) in [5, 5.41) is 11.3. The van der Waals surface area contributed by atoms with Gasteiger partial charge in [0.15, 0.2) is 0 Å². The fourth-order valence-corrected chi connectivity index (χ4v) is 7.89. The minimum Gasteiger partial charge on any atom is -0.393 e. The van der Waals surface area contributed by atoms with E-state index in [1.807, 2.05) is 41.8 Å². The van der Waals surface area contributed by atoms with Gasteiger partial charge in [-0.15, -0.1) is 0 Å². The lowest BCUT2D eigenvalue weighted by molar-refractivity contribution is -0.176. The molecule has 0 heterocycles. The maximum Gasteiger partial charge on any atom is 0.225 e. The highest BCUT2D eigenvalue weighted by Gasteiger charge is 2.64. The zero-order chi connectivity index (χ0) is 22.9. The molecule has 0 aromatic rings. The molecule has 0 saturated heterocycles. The van der Waals surface area contributed by atoms with Gasteiger partial charge in [-0.2, -0.15) is 0 Å². The second kappa shape index (κ2) is 9.71. The van der Waals surface area contributed by atoms with Crippen LogP contribution in [-0.2, 0) is 9.59 Å². The summed E-state index contributed by atoms with van der Waals surface area (Å²) in [7, 11) is 3.71. The Kier molecular flexibility index (Phi) is 8.21. The third kappa shape index (κ3) is 3.98. The van der Waals surface area contributed by atoms with Crippen molar-refractivity contribution in [2.75, 3.05) is 14.1 Å². The molecule has 0 bridgehead atoms. The normalized spacial score (nSPS) is 44.2. The van der Waals surface area contributed by atoms with Gasteiger partial charge in [-0.25, -0.2) is 0 Å². The third-order valence-electron chi connectivity index (χ3n) is 9.15. The topological polar surface area (TPSA) is 57.6 Å². The van der Waals surface area contributed by atoms with Crippen LogP contribution < -0.4 is 0 Å². The number of ketones is 1. The molecule has 4 aliphatic carbocycles. The molecule has 0 spiro atoms. The van der Waals surface area contributed by atoms with Crippen LogP contribution in [0, 0.1) is 40.4 Å². The number of hydrogen-bond acceptors (Lipinski definition) is 3. The van der Waals surface area contributed by atoms with Gasteiger partial charge in [0.05, 0.1) is 6.10 Å². The molecule has 0 radical (unpaired) electrons. The first kappa shape index (κ1) is 25.4. The maximum atomic E-state index is 12.8. The number of aliphatic hydroxyl groups is 1. The zero-order valence-corrected chi connectivity index (χ0v) is 20.8. The Hall–Kier alpha value is -0.900. The van der Waals surface area contributed by atoms with E-state index in [4.69, 9.17) is 0 Å². The van der Waals surface area contributed by atoms with E-state index in [0.717, 1.165) is 44.9 Å². The Bertz CT molecular complexity index is 617. The summed E-state index contributed by atoms with van der Waals surface area (Å²) in [4.78, 5) is 26.6. The van der Waals surface area contributed by atoms with E-state index in [2.05, 4.69) is 13.8 Å². The molecule has 8 unspecified atom stereocenters. The maximum absolute atomic E-state index is 12.8. The molecule has 1 amide bonds. The standard InChI is InChI=1S/C22H35NO3.2C2H6/c1-21-10-9-14(24)11-13(21)5-6-15-16-7-8-17(20(26)23(3)4)22(16,2)12-18(25)19(15)21;2*1-2/h13,15-19,25H,5-12H2,1-4H3;2*1-2H3. The van der Waals surface area contributed by atoms with Gasteiger partial charge in [-0.1, -0.05) is 41.5 Å².